The Morgan fingerprint density at radius 3 is 2.73 bits per heavy atom. The van der Waals surface area contributed by atoms with E-state index < -0.39 is 0 Å². The van der Waals surface area contributed by atoms with Crippen LogP contribution in [0, 0.1) is 0 Å². The van der Waals surface area contributed by atoms with E-state index in [1.165, 1.54) is 16.7 Å². The normalized spacial score (nSPS) is 22.7. The van der Waals surface area contributed by atoms with Crippen molar-refractivity contribution in [3.63, 3.8) is 0 Å². The third-order valence-corrected chi connectivity index (χ3v) is 7.07. The summed E-state index contributed by atoms with van der Waals surface area (Å²) in [5.74, 6) is 1.05. The molecule has 0 radical (unpaired) electrons. The Morgan fingerprint density at radius 2 is 1.97 bits per heavy atom. The average molecular weight is 453 g/mol. The van der Waals surface area contributed by atoms with Gasteiger partial charge in [-0.1, -0.05) is 6.07 Å². The van der Waals surface area contributed by atoms with Gasteiger partial charge in [-0.05, 0) is 80.5 Å². The lowest BCUT2D eigenvalue weighted by molar-refractivity contribution is -0.115. The van der Waals surface area contributed by atoms with Crippen molar-refractivity contribution in [3.8, 4) is 5.75 Å². The third kappa shape index (κ3) is 5.89. The predicted octanol–water partition coefficient (Wildman–Crippen LogP) is 3.27. The van der Waals surface area contributed by atoms with Crippen LogP contribution in [-0.2, 0) is 16.0 Å². The molecule has 0 saturated heterocycles. The van der Waals surface area contributed by atoms with Gasteiger partial charge >= 0.3 is 0 Å². The molecule has 0 aromatic heterocycles. The minimum Gasteiger partial charge on any atom is -0.497 e. The Balaban J connectivity index is 1.35. The summed E-state index contributed by atoms with van der Waals surface area (Å²) in [5, 5.41) is 3.19. The fourth-order valence-corrected chi connectivity index (χ4v) is 4.99. The lowest BCUT2D eigenvalue weighted by Gasteiger charge is -2.34. The monoisotopic (exact) mass is 452 g/mol. The van der Waals surface area contributed by atoms with Crippen molar-refractivity contribution < 1.29 is 14.3 Å². The van der Waals surface area contributed by atoms with Crippen molar-refractivity contribution >= 4 is 23.5 Å². The van der Waals surface area contributed by atoms with Gasteiger partial charge in [0.15, 0.2) is 0 Å². The Bertz CT molecular complexity index is 945. The van der Waals surface area contributed by atoms with Gasteiger partial charge in [-0.3, -0.25) is 9.79 Å². The standard InChI is InChI=1S/C26H36N4O3/c1-30(14-15-32-2)22-9-7-21(8-10-22)28-26(31)25-27-13-12-24(29-25)19-5-4-18-6-11-23(33-3)17-20(18)16-19/h6,11,16-17,21-22H,4-5,7-10,12-15H2,1-3H3,(H,28,31). The Kier molecular flexibility index (Phi) is 7.93. The molecule has 4 rings (SSSR count). The molecule has 1 fully saturated rings. The summed E-state index contributed by atoms with van der Waals surface area (Å²) < 4.78 is 10.6. The van der Waals surface area contributed by atoms with Gasteiger partial charge in [-0.15, -0.1) is 0 Å². The van der Waals surface area contributed by atoms with E-state index in [4.69, 9.17) is 14.5 Å². The maximum Gasteiger partial charge on any atom is 0.288 e. The van der Waals surface area contributed by atoms with Gasteiger partial charge < -0.3 is 19.7 Å². The number of carbonyl (C=O) groups is 1. The Morgan fingerprint density at radius 1 is 1.15 bits per heavy atom. The molecule has 0 bridgehead atoms. The molecule has 1 aromatic rings. The molecule has 0 unspecified atom stereocenters. The first-order valence-electron chi connectivity index (χ1n) is 12.1. The number of allylic oxidation sites excluding steroid dienone is 1. The Labute approximate surface area is 197 Å². The highest BCUT2D eigenvalue weighted by molar-refractivity contribution is 6.41. The summed E-state index contributed by atoms with van der Waals surface area (Å²) in [6.07, 6.45) is 9.04. The minimum atomic E-state index is -0.137. The minimum absolute atomic E-state index is 0.137. The summed E-state index contributed by atoms with van der Waals surface area (Å²) in [5.41, 5.74) is 4.70. The van der Waals surface area contributed by atoms with Crippen molar-refractivity contribution in [2.75, 3.05) is 41.0 Å². The van der Waals surface area contributed by atoms with Crippen LogP contribution in [0.1, 0.15) is 49.7 Å². The summed E-state index contributed by atoms with van der Waals surface area (Å²) in [4.78, 5) is 24.4. The van der Waals surface area contributed by atoms with Crippen molar-refractivity contribution in [3.05, 3.63) is 34.9 Å². The molecule has 1 N–H and O–H groups in total. The molecule has 3 aliphatic rings. The number of benzene rings is 1. The lowest BCUT2D eigenvalue weighted by Crippen LogP contribution is -2.45. The zero-order valence-electron chi connectivity index (χ0n) is 20.1. The maximum atomic E-state index is 12.9. The van der Waals surface area contributed by atoms with Crippen molar-refractivity contribution in [1.29, 1.82) is 0 Å². The predicted molar refractivity (Wildman–Crippen MR) is 132 cm³/mol. The molecule has 1 saturated carbocycles. The number of nitrogens with one attached hydrogen (secondary N) is 1. The molecular weight excluding hydrogens is 416 g/mol. The Hall–Kier alpha value is -2.51. The second kappa shape index (κ2) is 11.1. The average Bonchev–Trinajstić information content (AvgIpc) is 2.87. The van der Waals surface area contributed by atoms with Gasteiger partial charge in [0, 0.05) is 44.4 Å². The number of amides is 1. The van der Waals surface area contributed by atoms with E-state index in [0.717, 1.165) is 69.6 Å². The number of methoxy groups -OCH3 is 2. The highest BCUT2D eigenvalue weighted by Crippen LogP contribution is 2.29. The van der Waals surface area contributed by atoms with Crippen LogP contribution in [-0.4, -0.2) is 75.4 Å². The maximum absolute atomic E-state index is 12.9. The molecule has 1 amide bonds. The number of amidine groups is 1. The summed E-state index contributed by atoms with van der Waals surface area (Å²) in [6.45, 7) is 2.31. The van der Waals surface area contributed by atoms with Crippen molar-refractivity contribution in [2.24, 2.45) is 9.98 Å². The SMILES string of the molecule is COCCN(C)C1CCC(NC(=O)C2=NCCC(C3=Cc4cc(OC)ccc4CC3)=N2)CC1. The van der Waals surface area contributed by atoms with E-state index in [1.807, 2.05) is 6.07 Å². The van der Waals surface area contributed by atoms with Crippen LogP contribution < -0.4 is 10.1 Å². The molecule has 2 aliphatic carbocycles. The number of likely N-dealkylation sites (N-methyl/N-ethyl adjacent to an activating group) is 1. The van der Waals surface area contributed by atoms with Crippen molar-refractivity contribution in [1.82, 2.24) is 10.2 Å². The van der Waals surface area contributed by atoms with Crippen LogP contribution in [0.3, 0.4) is 0 Å². The molecule has 0 atom stereocenters. The van der Waals surface area contributed by atoms with Crippen LogP contribution in [0.5, 0.6) is 5.75 Å². The second-order valence-corrected chi connectivity index (χ2v) is 9.20. The zero-order chi connectivity index (χ0) is 23.2. The fourth-order valence-electron chi connectivity index (χ4n) is 4.99. The number of hydrogen-bond acceptors (Lipinski definition) is 6. The molecule has 1 aromatic carbocycles. The topological polar surface area (TPSA) is 75.5 Å². The van der Waals surface area contributed by atoms with Crippen molar-refractivity contribution in [2.45, 2.75) is 57.0 Å². The molecule has 178 valence electrons. The second-order valence-electron chi connectivity index (χ2n) is 9.20. The first-order valence-corrected chi connectivity index (χ1v) is 12.1. The fraction of sp³-hybridized carbons (Fsp3) is 0.577. The first-order chi connectivity index (χ1) is 16.1. The molecule has 7 nitrogen and oxygen atoms in total. The number of hydrogen-bond donors (Lipinski definition) is 1. The van der Waals surface area contributed by atoms with E-state index in [9.17, 15) is 4.79 Å². The summed E-state index contributed by atoms with van der Waals surface area (Å²) in [6, 6.07) is 6.97. The third-order valence-electron chi connectivity index (χ3n) is 7.07. The number of nitrogens with zero attached hydrogens (tertiary/aromatic N) is 3. The highest BCUT2D eigenvalue weighted by Gasteiger charge is 2.27. The number of carbonyl (C=O) groups excluding carboxylic acids is 1. The van der Waals surface area contributed by atoms with Crippen LogP contribution in [0.25, 0.3) is 6.08 Å². The van der Waals surface area contributed by atoms with E-state index in [0.29, 0.717) is 18.4 Å². The van der Waals surface area contributed by atoms with Gasteiger partial charge in [0.05, 0.1) is 13.7 Å². The van der Waals surface area contributed by atoms with Gasteiger partial charge in [0.2, 0.25) is 5.84 Å². The number of ether oxygens (including phenoxy) is 2. The van der Waals surface area contributed by atoms with Crippen LogP contribution in [0.2, 0.25) is 0 Å². The molecular formula is C26H36N4O3. The highest BCUT2D eigenvalue weighted by atomic mass is 16.5. The van der Waals surface area contributed by atoms with E-state index in [-0.39, 0.29) is 11.9 Å². The van der Waals surface area contributed by atoms with Gasteiger partial charge in [-0.25, -0.2) is 4.99 Å². The van der Waals surface area contributed by atoms with Gasteiger partial charge in [0.25, 0.3) is 5.91 Å². The summed E-state index contributed by atoms with van der Waals surface area (Å²) >= 11 is 0. The summed E-state index contributed by atoms with van der Waals surface area (Å²) in [7, 11) is 5.58. The smallest absolute Gasteiger partial charge is 0.288 e. The molecule has 1 aliphatic heterocycles. The van der Waals surface area contributed by atoms with Crippen LogP contribution in [0.4, 0.5) is 0 Å². The zero-order valence-corrected chi connectivity index (χ0v) is 20.1. The molecule has 7 heteroatoms. The van der Waals surface area contributed by atoms with E-state index in [2.05, 4.69) is 40.5 Å². The van der Waals surface area contributed by atoms with Gasteiger partial charge in [0.1, 0.15) is 5.75 Å². The number of aryl methyl sites for hydroxylation is 1. The van der Waals surface area contributed by atoms with Crippen LogP contribution >= 0.6 is 0 Å². The largest absolute Gasteiger partial charge is 0.497 e. The lowest BCUT2D eigenvalue weighted by atomic mass is 9.88. The molecule has 1 heterocycles. The molecule has 0 spiro atoms. The quantitative estimate of drug-likeness (QED) is 0.657. The number of rotatable bonds is 8. The van der Waals surface area contributed by atoms with E-state index in [1.54, 1.807) is 14.2 Å². The van der Waals surface area contributed by atoms with Gasteiger partial charge in [-0.2, -0.15) is 0 Å². The number of aliphatic imine (C=N–C) groups is 2. The first kappa shape index (κ1) is 23.6. The van der Waals surface area contributed by atoms with E-state index >= 15 is 0 Å². The molecule has 33 heavy (non-hydrogen) atoms. The van der Waals surface area contributed by atoms with Crippen LogP contribution in [0.15, 0.2) is 33.8 Å². The number of fused-ring (bicyclic) bond motifs is 1.